The lowest BCUT2D eigenvalue weighted by Gasteiger charge is -2.15. The molecule has 0 aliphatic heterocycles. The molecule has 0 aliphatic carbocycles. The molecule has 2 heterocycles. The monoisotopic (exact) mass is 499 g/mol. The van der Waals surface area contributed by atoms with Gasteiger partial charge in [-0.15, -0.1) is 10.2 Å². The summed E-state index contributed by atoms with van der Waals surface area (Å²) in [5.74, 6) is 0.922. The van der Waals surface area contributed by atoms with Gasteiger partial charge in [0.1, 0.15) is 5.82 Å². The van der Waals surface area contributed by atoms with Crippen LogP contribution in [0.15, 0.2) is 52.1 Å². The molecule has 0 atom stereocenters. The van der Waals surface area contributed by atoms with Crippen molar-refractivity contribution in [3.63, 3.8) is 0 Å². The number of amides is 1. The van der Waals surface area contributed by atoms with Gasteiger partial charge in [0, 0.05) is 11.6 Å². The van der Waals surface area contributed by atoms with Crippen molar-refractivity contribution >= 4 is 23.6 Å². The highest BCUT2D eigenvalue weighted by Crippen LogP contribution is 2.41. The fourth-order valence-electron chi connectivity index (χ4n) is 3.34. The van der Waals surface area contributed by atoms with Crippen molar-refractivity contribution in [1.82, 2.24) is 19.9 Å². The highest BCUT2D eigenvalue weighted by molar-refractivity contribution is 7.99. The van der Waals surface area contributed by atoms with Gasteiger partial charge in [-0.2, -0.15) is 0 Å². The Hall–Kier alpha value is -4.06. The van der Waals surface area contributed by atoms with Gasteiger partial charge in [0.2, 0.25) is 17.5 Å². The minimum absolute atomic E-state index is 0.0262. The smallest absolute Gasteiger partial charge is 0.237 e. The molecule has 0 saturated carbocycles. The first-order chi connectivity index (χ1) is 16.9. The zero-order valence-electron chi connectivity index (χ0n) is 19.4. The maximum Gasteiger partial charge on any atom is 0.237 e. The van der Waals surface area contributed by atoms with E-state index in [0.717, 1.165) is 11.8 Å². The fourth-order valence-corrected chi connectivity index (χ4v) is 4.08. The van der Waals surface area contributed by atoms with Crippen LogP contribution in [0.5, 0.6) is 17.2 Å². The average molecular weight is 500 g/mol. The number of thioether (sulfide) groups is 1. The molecule has 182 valence electrons. The standard InChI is InChI=1S/C23H22FN5O5S/c1-13-9-20(34-28-13)25-19(30)12-35-23-27-26-22(29(23)16-8-6-5-7-15(16)24)14-10-17(31-2)21(33-4)18(11-14)32-3/h5-11H,12H2,1-4H3,(H,25,30). The SMILES string of the molecule is COc1cc(-c2nnc(SCC(=O)Nc3cc(C)no3)n2-c2ccccc2F)cc(OC)c1OC. The van der Waals surface area contributed by atoms with E-state index in [2.05, 4.69) is 20.7 Å². The molecule has 2 aromatic heterocycles. The van der Waals surface area contributed by atoms with Gasteiger partial charge in [-0.05, 0) is 31.2 Å². The minimum Gasteiger partial charge on any atom is -0.493 e. The quantitative estimate of drug-likeness (QED) is 0.340. The Morgan fingerprint density at radius 3 is 2.40 bits per heavy atom. The van der Waals surface area contributed by atoms with Crippen LogP contribution in [0, 0.1) is 12.7 Å². The molecule has 0 aliphatic rings. The second kappa shape index (κ2) is 10.5. The Bertz CT molecular complexity index is 1330. The number of aromatic nitrogens is 4. The van der Waals surface area contributed by atoms with Gasteiger partial charge in [-0.25, -0.2) is 4.39 Å². The van der Waals surface area contributed by atoms with Gasteiger partial charge in [0.15, 0.2) is 22.5 Å². The van der Waals surface area contributed by atoms with Crippen molar-refractivity contribution in [3.05, 3.63) is 54.0 Å². The molecule has 0 saturated heterocycles. The number of aryl methyl sites for hydroxylation is 1. The van der Waals surface area contributed by atoms with Crippen LogP contribution >= 0.6 is 11.8 Å². The second-order valence-electron chi connectivity index (χ2n) is 7.18. The fraction of sp³-hybridized carbons (Fsp3) is 0.217. The molecule has 2 aromatic carbocycles. The lowest BCUT2D eigenvalue weighted by molar-refractivity contribution is -0.113. The molecule has 10 nitrogen and oxygen atoms in total. The van der Waals surface area contributed by atoms with Crippen LogP contribution in [0.2, 0.25) is 0 Å². The van der Waals surface area contributed by atoms with Crippen molar-refractivity contribution in [2.24, 2.45) is 0 Å². The van der Waals surface area contributed by atoms with Crippen molar-refractivity contribution in [2.45, 2.75) is 12.1 Å². The van der Waals surface area contributed by atoms with Crippen molar-refractivity contribution in [2.75, 3.05) is 32.4 Å². The van der Waals surface area contributed by atoms with E-state index < -0.39 is 5.82 Å². The largest absolute Gasteiger partial charge is 0.493 e. The van der Waals surface area contributed by atoms with Crippen LogP contribution in [-0.2, 0) is 4.79 Å². The van der Waals surface area contributed by atoms with E-state index in [1.54, 1.807) is 43.3 Å². The summed E-state index contributed by atoms with van der Waals surface area (Å²) in [7, 11) is 4.50. The number of nitrogens with one attached hydrogen (secondary N) is 1. The van der Waals surface area contributed by atoms with Gasteiger partial charge in [0.05, 0.1) is 38.5 Å². The van der Waals surface area contributed by atoms with Crippen molar-refractivity contribution < 1.29 is 27.9 Å². The van der Waals surface area contributed by atoms with Crippen LogP contribution in [0.1, 0.15) is 5.69 Å². The molecule has 1 amide bonds. The first kappa shape index (κ1) is 24.1. The Morgan fingerprint density at radius 2 is 1.80 bits per heavy atom. The molecule has 4 rings (SSSR count). The molecule has 0 spiro atoms. The first-order valence-corrected chi connectivity index (χ1v) is 11.3. The normalized spacial score (nSPS) is 10.8. The Balaban J connectivity index is 1.73. The van der Waals surface area contributed by atoms with E-state index in [1.807, 2.05) is 0 Å². The zero-order chi connectivity index (χ0) is 24.9. The van der Waals surface area contributed by atoms with Crippen LogP contribution < -0.4 is 19.5 Å². The van der Waals surface area contributed by atoms with Gasteiger partial charge in [-0.3, -0.25) is 14.7 Å². The molecule has 0 unspecified atom stereocenters. The predicted molar refractivity (Wildman–Crippen MR) is 127 cm³/mol. The van der Waals surface area contributed by atoms with Crippen LogP contribution in [0.3, 0.4) is 0 Å². The number of hydrogen-bond acceptors (Lipinski definition) is 9. The summed E-state index contributed by atoms with van der Waals surface area (Å²) in [6.45, 7) is 1.75. The number of halogens is 1. The van der Waals surface area contributed by atoms with E-state index in [4.69, 9.17) is 18.7 Å². The van der Waals surface area contributed by atoms with Crippen LogP contribution in [0.25, 0.3) is 17.1 Å². The van der Waals surface area contributed by atoms with Crippen LogP contribution in [-0.4, -0.2) is 52.9 Å². The molecule has 0 radical (unpaired) electrons. The van der Waals surface area contributed by atoms with Gasteiger partial charge >= 0.3 is 0 Å². The summed E-state index contributed by atoms with van der Waals surface area (Å²) in [6.07, 6.45) is 0. The molecule has 0 bridgehead atoms. The number of benzene rings is 2. The maximum absolute atomic E-state index is 14.9. The predicted octanol–water partition coefficient (Wildman–Crippen LogP) is 4.13. The molecular formula is C23H22FN5O5S. The molecule has 35 heavy (non-hydrogen) atoms. The number of para-hydroxylation sites is 1. The summed E-state index contributed by atoms with van der Waals surface area (Å²) in [4.78, 5) is 12.4. The first-order valence-electron chi connectivity index (χ1n) is 10.3. The number of carbonyl (C=O) groups is 1. The minimum atomic E-state index is -0.482. The number of carbonyl (C=O) groups excluding carboxylic acids is 1. The number of anilines is 1. The number of rotatable bonds is 9. The third kappa shape index (κ3) is 5.06. The second-order valence-corrected chi connectivity index (χ2v) is 8.12. The lowest BCUT2D eigenvalue weighted by Crippen LogP contribution is -2.14. The van der Waals surface area contributed by atoms with Gasteiger partial charge in [-0.1, -0.05) is 29.1 Å². The van der Waals surface area contributed by atoms with Crippen molar-refractivity contribution in [1.29, 1.82) is 0 Å². The Labute approximate surface area is 204 Å². The molecule has 0 fully saturated rings. The molecular weight excluding hydrogens is 477 g/mol. The van der Waals surface area contributed by atoms with Crippen LogP contribution in [0.4, 0.5) is 10.3 Å². The van der Waals surface area contributed by atoms with E-state index >= 15 is 0 Å². The molecule has 4 aromatic rings. The number of nitrogens with zero attached hydrogens (tertiary/aromatic N) is 4. The third-order valence-corrected chi connectivity index (χ3v) is 5.80. The summed E-state index contributed by atoms with van der Waals surface area (Å²) in [5.41, 5.74) is 1.40. The topological polar surface area (TPSA) is 114 Å². The highest BCUT2D eigenvalue weighted by Gasteiger charge is 2.23. The highest BCUT2D eigenvalue weighted by atomic mass is 32.2. The van der Waals surface area contributed by atoms with Crippen molar-refractivity contribution in [3.8, 4) is 34.3 Å². The average Bonchev–Trinajstić information content (AvgIpc) is 3.47. The number of methoxy groups -OCH3 is 3. The molecule has 12 heteroatoms. The Morgan fingerprint density at radius 1 is 1.09 bits per heavy atom. The van der Waals surface area contributed by atoms with E-state index in [1.165, 1.54) is 32.0 Å². The van der Waals surface area contributed by atoms with E-state index in [9.17, 15) is 9.18 Å². The Kier molecular flexibility index (Phi) is 7.20. The van der Waals surface area contributed by atoms with E-state index in [-0.39, 0.29) is 23.2 Å². The number of ether oxygens (including phenoxy) is 3. The van der Waals surface area contributed by atoms with Gasteiger partial charge < -0.3 is 18.7 Å². The van der Waals surface area contributed by atoms with Gasteiger partial charge in [0.25, 0.3) is 0 Å². The third-order valence-electron chi connectivity index (χ3n) is 4.87. The number of hydrogen-bond donors (Lipinski definition) is 1. The van der Waals surface area contributed by atoms with E-state index in [0.29, 0.717) is 39.5 Å². The summed E-state index contributed by atoms with van der Waals surface area (Å²) < 4.78 is 37.7. The summed E-state index contributed by atoms with van der Waals surface area (Å²) in [5, 5.41) is 15.2. The summed E-state index contributed by atoms with van der Waals surface area (Å²) in [6, 6.07) is 11.2. The molecule has 1 N–H and O–H groups in total. The lowest BCUT2D eigenvalue weighted by atomic mass is 10.1. The summed E-state index contributed by atoms with van der Waals surface area (Å²) >= 11 is 1.09. The zero-order valence-corrected chi connectivity index (χ0v) is 20.2. The maximum atomic E-state index is 14.9.